The smallest absolute Gasteiger partial charge is 0.652 e. The van der Waals surface area contributed by atoms with Crippen LogP contribution in [-0.2, 0) is 16.1 Å². The van der Waals surface area contributed by atoms with Crippen LogP contribution in [-0.4, -0.2) is 30.9 Å². The molecule has 1 aromatic carbocycles. The molecule has 0 heterocycles. The van der Waals surface area contributed by atoms with Crippen molar-refractivity contribution in [3.63, 3.8) is 0 Å². The van der Waals surface area contributed by atoms with Crippen molar-refractivity contribution in [3.05, 3.63) is 28.8 Å². The molecule has 21 heavy (non-hydrogen) atoms. The third kappa shape index (κ3) is 14.2. The first kappa shape index (κ1) is 27.9. The summed E-state index contributed by atoms with van der Waals surface area (Å²) < 4.78 is 9.53. The summed E-state index contributed by atoms with van der Waals surface area (Å²) >= 11 is 5.90. The van der Waals surface area contributed by atoms with Crippen LogP contribution in [0, 0.1) is 0 Å². The summed E-state index contributed by atoms with van der Waals surface area (Å²) in [5.41, 5.74) is 0.555. The van der Waals surface area contributed by atoms with Crippen molar-refractivity contribution < 1.29 is 172 Å². The second kappa shape index (κ2) is 17.0. The van der Waals surface area contributed by atoms with Gasteiger partial charge in [0.2, 0.25) is 0 Å². The topological polar surface area (TPSA) is 119 Å². The fourth-order valence-corrected chi connectivity index (χ4v) is 1.23. The van der Waals surface area contributed by atoms with Gasteiger partial charge in [-0.25, -0.2) is 4.79 Å². The molecule has 0 bridgehead atoms. The van der Waals surface area contributed by atoms with Crippen molar-refractivity contribution in [1.82, 2.24) is 0 Å². The summed E-state index contributed by atoms with van der Waals surface area (Å²) in [6.45, 7) is -0.376. The van der Waals surface area contributed by atoms with E-state index in [0.717, 1.165) is 0 Å². The number of carbonyl (C=O) groups excluding carboxylic acids is 2. The summed E-state index contributed by atoms with van der Waals surface area (Å²) in [4.78, 5) is 19.1. The molecule has 0 aliphatic carbocycles. The van der Waals surface area contributed by atoms with Gasteiger partial charge < -0.3 is 29.6 Å². The van der Waals surface area contributed by atoms with Gasteiger partial charge in [0.05, 0.1) is 18.7 Å². The number of halogens is 1. The summed E-state index contributed by atoms with van der Waals surface area (Å²) in [6, 6.07) is 4.97. The van der Waals surface area contributed by atoms with Crippen LogP contribution in [0.2, 0.25) is 5.02 Å². The fraction of sp³-hybridized carbons (Fsp3) is 0.273. The van der Waals surface area contributed by atoms with Crippen molar-refractivity contribution in [1.29, 1.82) is 0 Å². The summed E-state index contributed by atoms with van der Waals surface area (Å²) in [5, 5.41) is 25.9. The van der Waals surface area contributed by atoms with E-state index in [0.29, 0.717) is 16.3 Å². The predicted octanol–water partition coefficient (Wildman–Crippen LogP) is -7.05. The molecule has 10 heteroatoms. The first-order valence-electron chi connectivity index (χ1n) is 4.88. The van der Waals surface area contributed by atoms with E-state index < -0.39 is 12.1 Å². The van der Waals surface area contributed by atoms with Gasteiger partial charge in [-0.2, -0.15) is 0 Å². The molecular formula is C11H11ClCs2O7. The molecule has 0 saturated heterocycles. The van der Waals surface area contributed by atoms with E-state index in [9.17, 15) is 4.79 Å². The quantitative estimate of drug-likeness (QED) is 0.367. The summed E-state index contributed by atoms with van der Waals surface area (Å²) in [7, 11) is 1.28. The van der Waals surface area contributed by atoms with Crippen molar-refractivity contribution in [2.24, 2.45) is 0 Å². The van der Waals surface area contributed by atoms with Crippen molar-refractivity contribution in [2.75, 3.05) is 13.7 Å². The van der Waals surface area contributed by atoms with Crippen molar-refractivity contribution >= 4 is 23.7 Å². The second-order valence-corrected chi connectivity index (χ2v) is 3.38. The Morgan fingerprint density at radius 1 is 1.29 bits per heavy atom. The molecule has 7 nitrogen and oxygen atoms in total. The molecule has 0 aromatic heterocycles. The molecule has 0 radical (unpaired) electrons. The Balaban J connectivity index is -0.000000482. The Morgan fingerprint density at radius 2 is 1.81 bits per heavy atom. The Kier molecular flexibility index (Phi) is 22.6. The molecule has 0 aliphatic heterocycles. The Bertz CT molecular complexity index is 439. The van der Waals surface area contributed by atoms with Gasteiger partial charge in [0.25, 0.3) is 0 Å². The Labute approximate surface area is 244 Å². The number of benzene rings is 1. The van der Waals surface area contributed by atoms with Crippen LogP contribution in [0.4, 0.5) is 4.79 Å². The monoisotopic (exact) mass is 556 g/mol. The third-order valence-corrected chi connectivity index (χ3v) is 2.22. The van der Waals surface area contributed by atoms with Crippen molar-refractivity contribution in [3.8, 4) is 5.75 Å². The predicted molar refractivity (Wildman–Crippen MR) is 60.3 cm³/mol. The summed E-state index contributed by atoms with van der Waals surface area (Å²) in [5.74, 6) is -0.130. The largest absolute Gasteiger partial charge is 1.00 e. The first-order valence-corrected chi connectivity index (χ1v) is 5.26. The number of methoxy groups -OCH3 is 1. The van der Waals surface area contributed by atoms with Crippen LogP contribution in [0.1, 0.15) is 5.56 Å². The SMILES string of the molecule is COC(=O)COc1cccc(CO)c1Cl.O=C([O-])[O-].[Cs+].[Cs+]. The maximum absolute atomic E-state index is 10.8. The summed E-state index contributed by atoms with van der Waals surface area (Å²) in [6.07, 6.45) is -2.33. The average Bonchev–Trinajstić information content (AvgIpc) is 2.36. The number of aliphatic hydroxyl groups is 1. The van der Waals surface area contributed by atoms with Gasteiger partial charge in [-0.3, -0.25) is 0 Å². The van der Waals surface area contributed by atoms with Gasteiger partial charge in [0, 0.05) is 0 Å². The fourth-order valence-electron chi connectivity index (χ4n) is 0.985. The number of ether oxygens (including phenoxy) is 2. The van der Waals surface area contributed by atoms with E-state index in [-0.39, 0.29) is 151 Å². The average molecular weight is 556 g/mol. The van der Waals surface area contributed by atoms with Gasteiger partial charge >= 0.3 is 144 Å². The minimum Gasteiger partial charge on any atom is -0.652 e. The van der Waals surface area contributed by atoms with Crippen LogP contribution < -0.4 is 153 Å². The van der Waals surface area contributed by atoms with Crippen LogP contribution in [0.5, 0.6) is 5.75 Å². The molecule has 0 amide bonds. The molecule has 106 valence electrons. The molecule has 0 unspecified atom stereocenters. The van der Waals surface area contributed by atoms with E-state index in [4.69, 9.17) is 36.5 Å². The van der Waals surface area contributed by atoms with E-state index in [1.165, 1.54) is 7.11 Å². The molecule has 0 fully saturated rings. The van der Waals surface area contributed by atoms with E-state index >= 15 is 0 Å². The Hall–Kier alpha value is 2.11. The normalized spacial score (nSPS) is 8.14. The van der Waals surface area contributed by atoms with Gasteiger partial charge in [-0.15, -0.1) is 0 Å². The van der Waals surface area contributed by atoms with Crippen molar-refractivity contribution in [2.45, 2.75) is 6.61 Å². The molecule has 1 rings (SSSR count). The van der Waals surface area contributed by atoms with E-state index in [1.54, 1.807) is 18.2 Å². The van der Waals surface area contributed by atoms with Crippen LogP contribution in [0.15, 0.2) is 18.2 Å². The number of hydrogen-bond acceptors (Lipinski definition) is 7. The standard InChI is InChI=1S/C10H11ClO4.CH2O3.2Cs/c1-14-9(13)6-15-8-4-2-3-7(5-12)10(8)11;2-1(3)4;;/h2-4,12H,5-6H2,1H3;(H2,2,3,4);;/q;;2*+1/p-2. The molecule has 1 aromatic rings. The van der Waals surface area contributed by atoms with Gasteiger partial charge in [0.1, 0.15) is 5.75 Å². The molecule has 1 N–H and O–H groups in total. The van der Waals surface area contributed by atoms with E-state index in [2.05, 4.69) is 4.74 Å². The second-order valence-electron chi connectivity index (χ2n) is 3.00. The maximum Gasteiger partial charge on any atom is 1.00 e. The molecule has 0 spiro atoms. The number of rotatable bonds is 4. The van der Waals surface area contributed by atoms with Gasteiger partial charge in [-0.05, 0) is 17.8 Å². The number of esters is 1. The van der Waals surface area contributed by atoms with E-state index in [1.807, 2.05) is 0 Å². The van der Waals surface area contributed by atoms with Crippen LogP contribution in [0.25, 0.3) is 0 Å². The molecule has 0 atom stereocenters. The zero-order valence-electron chi connectivity index (χ0n) is 11.9. The minimum atomic E-state index is -2.33. The van der Waals surface area contributed by atoms with Crippen LogP contribution in [0.3, 0.4) is 0 Å². The first-order chi connectivity index (χ1) is 8.92. The molecule has 0 saturated carbocycles. The number of hydrogen-bond donors (Lipinski definition) is 1. The third-order valence-electron chi connectivity index (χ3n) is 1.79. The molecular weight excluding hydrogens is 545 g/mol. The zero-order valence-corrected chi connectivity index (χ0v) is 25.2. The number of aliphatic hydroxyl groups excluding tert-OH is 1. The zero-order chi connectivity index (χ0) is 14.8. The van der Waals surface area contributed by atoms with Gasteiger partial charge in [0.15, 0.2) is 6.61 Å². The maximum atomic E-state index is 10.8. The number of carbonyl (C=O) groups is 2. The molecule has 0 aliphatic rings. The van der Waals surface area contributed by atoms with Gasteiger partial charge in [-0.1, -0.05) is 23.7 Å². The Morgan fingerprint density at radius 3 is 2.24 bits per heavy atom. The van der Waals surface area contributed by atoms with Crippen LogP contribution >= 0.6 is 11.6 Å². The number of carboxylic acid groups (broad SMARTS) is 2. The minimum absolute atomic E-state index is 0.